The van der Waals surface area contributed by atoms with E-state index >= 15 is 0 Å². The molecule has 3 heteroatoms. The Morgan fingerprint density at radius 1 is 1.23 bits per heavy atom. The molecule has 0 N–H and O–H groups in total. The predicted molar refractivity (Wildman–Crippen MR) is 86.0 cm³/mol. The van der Waals surface area contributed by atoms with Gasteiger partial charge in [-0.05, 0) is 74.1 Å². The third kappa shape index (κ3) is 2.51. The largest absolute Gasteiger partial charge is 0.497 e. The molecule has 0 saturated heterocycles. The molecule has 2 aliphatic carbocycles. The van der Waals surface area contributed by atoms with Crippen molar-refractivity contribution in [3.63, 3.8) is 0 Å². The molecule has 0 amide bonds. The fraction of sp³-hybridized carbons (Fsp3) is 0.632. The highest BCUT2D eigenvalue weighted by Gasteiger charge is 2.48. The minimum atomic E-state index is -0.316. The van der Waals surface area contributed by atoms with E-state index in [9.17, 15) is 4.79 Å². The van der Waals surface area contributed by atoms with Gasteiger partial charge in [-0.25, -0.2) is 0 Å². The van der Waals surface area contributed by atoms with Crippen LogP contribution in [-0.2, 0) is 22.4 Å². The van der Waals surface area contributed by atoms with E-state index in [-0.39, 0.29) is 11.4 Å². The number of ether oxygens (including phenoxy) is 2. The molecule has 0 aliphatic heterocycles. The number of rotatable bonds is 2. The summed E-state index contributed by atoms with van der Waals surface area (Å²) in [6, 6.07) is 6.43. The van der Waals surface area contributed by atoms with Crippen molar-refractivity contribution in [1.29, 1.82) is 0 Å². The third-order valence-electron chi connectivity index (χ3n) is 5.93. The lowest BCUT2D eigenvalue weighted by Gasteiger charge is -2.43. The van der Waals surface area contributed by atoms with Gasteiger partial charge in [-0.3, -0.25) is 4.79 Å². The average molecular weight is 302 g/mol. The van der Waals surface area contributed by atoms with Gasteiger partial charge in [0.2, 0.25) is 0 Å². The Morgan fingerprint density at radius 2 is 2.05 bits per heavy atom. The summed E-state index contributed by atoms with van der Waals surface area (Å²) < 4.78 is 10.5. The molecule has 1 saturated carbocycles. The number of carbonyl (C=O) groups excluding carboxylic acids is 1. The molecule has 1 aromatic rings. The fourth-order valence-electron chi connectivity index (χ4n) is 4.68. The number of carbonyl (C=O) groups is 1. The van der Waals surface area contributed by atoms with Crippen LogP contribution in [-0.4, -0.2) is 20.2 Å². The van der Waals surface area contributed by atoms with Crippen LogP contribution >= 0.6 is 0 Å². The van der Waals surface area contributed by atoms with Crippen LogP contribution in [0.3, 0.4) is 0 Å². The van der Waals surface area contributed by atoms with Gasteiger partial charge in [-0.15, -0.1) is 0 Å². The lowest BCUT2D eigenvalue weighted by Crippen LogP contribution is -2.44. The number of benzene rings is 1. The Hall–Kier alpha value is -1.51. The molecule has 3 nitrogen and oxygen atoms in total. The molecule has 0 aromatic heterocycles. The third-order valence-corrected chi connectivity index (χ3v) is 5.93. The lowest BCUT2D eigenvalue weighted by atomic mass is 9.60. The van der Waals surface area contributed by atoms with E-state index in [1.807, 2.05) is 6.07 Å². The molecule has 0 bridgehead atoms. The van der Waals surface area contributed by atoms with Crippen molar-refractivity contribution >= 4 is 5.97 Å². The highest BCUT2D eigenvalue weighted by Crippen LogP contribution is 2.50. The number of aryl methyl sites for hydroxylation is 1. The zero-order valence-corrected chi connectivity index (χ0v) is 13.9. The van der Waals surface area contributed by atoms with Crippen LogP contribution < -0.4 is 4.74 Å². The lowest BCUT2D eigenvalue weighted by molar-refractivity contribution is -0.160. The predicted octanol–water partition coefficient (Wildman–Crippen LogP) is 3.78. The minimum Gasteiger partial charge on any atom is -0.497 e. The van der Waals surface area contributed by atoms with Gasteiger partial charge in [0, 0.05) is 0 Å². The zero-order valence-electron chi connectivity index (χ0n) is 13.9. The summed E-state index contributed by atoms with van der Waals surface area (Å²) in [6.45, 7) is 2.12. The number of fused-ring (bicyclic) bond motifs is 2. The van der Waals surface area contributed by atoms with Gasteiger partial charge < -0.3 is 9.47 Å². The van der Waals surface area contributed by atoms with E-state index in [2.05, 4.69) is 19.1 Å². The summed E-state index contributed by atoms with van der Waals surface area (Å²) in [5.74, 6) is 1.91. The van der Waals surface area contributed by atoms with E-state index in [0.29, 0.717) is 11.8 Å². The molecule has 1 fully saturated rings. The van der Waals surface area contributed by atoms with Gasteiger partial charge >= 0.3 is 5.97 Å². The maximum Gasteiger partial charge on any atom is 0.311 e. The van der Waals surface area contributed by atoms with E-state index in [0.717, 1.165) is 37.9 Å². The van der Waals surface area contributed by atoms with Crippen molar-refractivity contribution in [2.24, 2.45) is 17.3 Å². The molecule has 2 aliphatic rings. The second-order valence-electron chi connectivity index (χ2n) is 7.05. The van der Waals surface area contributed by atoms with Crippen LogP contribution in [0.25, 0.3) is 0 Å². The topological polar surface area (TPSA) is 35.5 Å². The first kappa shape index (κ1) is 15.4. The monoisotopic (exact) mass is 302 g/mol. The summed E-state index contributed by atoms with van der Waals surface area (Å²) in [4.78, 5) is 12.4. The molecule has 0 unspecified atom stereocenters. The number of esters is 1. The smallest absolute Gasteiger partial charge is 0.311 e. The van der Waals surface area contributed by atoms with Crippen molar-refractivity contribution < 1.29 is 14.3 Å². The summed E-state index contributed by atoms with van der Waals surface area (Å²) >= 11 is 0. The first-order valence-corrected chi connectivity index (χ1v) is 8.32. The van der Waals surface area contributed by atoms with Crippen molar-refractivity contribution in [2.75, 3.05) is 14.2 Å². The van der Waals surface area contributed by atoms with Crippen molar-refractivity contribution in [2.45, 2.75) is 45.4 Å². The molecular formula is C19H26O3. The first-order chi connectivity index (χ1) is 10.6. The van der Waals surface area contributed by atoms with Crippen molar-refractivity contribution in [3.8, 4) is 5.75 Å². The van der Waals surface area contributed by atoms with Gasteiger partial charge in [0.15, 0.2) is 0 Å². The molecule has 120 valence electrons. The second kappa shape index (κ2) is 5.94. The molecule has 0 radical (unpaired) electrons. The Bertz CT molecular complexity index is 566. The van der Waals surface area contributed by atoms with Gasteiger partial charge in [0.05, 0.1) is 19.6 Å². The van der Waals surface area contributed by atoms with Crippen LogP contribution in [0.4, 0.5) is 0 Å². The summed E-state index contributed by atoms with van der Waals surface area (Å²) in [7, 11) is 3.24. The number of hydrogen-bond donors (Lipinski definition) is 0. The van der Waals surface area contributed by atoms with E-state index in [1.165, 1.54) is 24.7 Å². The van der Waals surface area contributed by atoms with Crippen LogP contribution in [0.15, 0.2) is 18.2 Å². The maximum atomic E-state index is 12.4. The van der Waals surface area contributed by atoms with Gasteiger partial charge in [-0.2, -0.15) is 0 Å². The van der Waals surface area contributed by atoms with Gasteiger partial charge in [-0.1, -0.05) is 12.5 Å². The Kier molecular flexibility index (Phi) is 4.16. The van der Waals surface area contributed by atoms with E-state index in [1.54, 1.807) is 7.11 Å². The Morgan fingerprint density at radius 3 is 2.77 bits per heavy atom. The molecular weight excluding hydrogens is 276 g/mol. The zero-order chi connectivity index (χ0) is 15.7. The molecule has 0 heterocycles. The van der Waals surface area contributed by atoms with Crippen LogP contribution in [0.1, 0.15) is 43.7 Å². The normalized spacial score (nSPS) is 30.7. The molecule has 3 rings (SSSR count). The maximum absolute atomic E-state index is 12.4. The fourth-order valence-corrected chi connectivity index (χ4v) is 4.68. The molecule has 22 heavy (non-hydrogen) atoms. The Labute approximate surface area is 133 Å². The molecule has 3 atom stereocenters. The Balaban J connectivity index is 1.91. The highest BCUT2D eigenvalue weighted by molar-refractivity contribution is 5.77. The van der Waals surface area contributed by atoms with E-state index < -0.39 is 0 Å². The van der Waals surface area contributed by atoms with Gasteiger partial charge in [0.25, 0.3) is 0 Å². The number of hydrogen-bond acceptors (Lipinski definition) is 3. The second-order valence-corrected chi connectivity index (χ2v) is 7.05. The summed E-state index contributed by atoms with van der Waals surface area (Å²) in [5.41, 5.74) is 2.51. The van der Waals surface area contributed by atoms with Crippen LogP contribution in [0.5, 0.6) is 5.75 Å². The minimum absolute atomic E-state index is 0.0225. The quantitative estimate of drug-likeness (QED) is 0.780. The molecule has 0 spiro atoms. The molecule has 1 aromatic carbocycles. The summed E-state index contributed by atoms with van der Waals surface area (Å²) in [5, 5.41) is 0. The van der Waals surface area contributed by atoms with Crippen LogP contribution in [0, 0.1) is 17.3 Å². The highest BCUT2D eigenvalue weighted by atomic mass is 16.5. The van der Waals surface area contributed by atoms with Crippen molar-refractivity contribution in [1.82, 2.24) is 0 Å². The summed E-state index contributed by atoms with van der Waals surface area (Å²) in [6.07, 6.45) is 6.48. The average Bonchev–Trinajstić information content (AvgIpc) is 2.73. The van der Waals surface area contributed by atoms with E-state index in [4.69, 9.17) is 9.47 Å². The SMILES string of the molecule is COC(=O)[C@@]1(C)CCC[C@@H]2Cc3cc(OC)ccc3CC[C@@H]21. The first-order valence-electron chi connectivity index (χ1n) is 8.32. The van der Waals surface area contributed by atoms with Crippen molar-refractivity contribution in [3.05, 3.63) is 29.3 Å². The van der Waals surface area contributed by atoms with Crippen LogP contribution in [0.2, 0.25) is 0 Å². The van der Waals surface area contributed by atoms with Gasteiger partial charge in [0.1, 0.15) is 5.75 Å². The standard InChI is InChI=1S/C19H26O3/c1-19(18(20)22-3)10-4-5-14-11-15-12-16(21-2)8-6-13(15)7-9-17(14)19/h6,8,12,14,17H,4-5,7,9-11H2,1-3H3/t14-,17+,19+/m1/s1. The number of methoxy groups -OCH3 is 2.